The van der Waals surface area contributed by atoms with Gasteiger partial charge in [0.1, 0.15) is 5.54 Å². The highest BCUT2D eigenvalue weighted by atomic mass is 35.5. The lowest BCUT2D eigenvalue weighted by atomic mass is 9.98. The summed E-state index contributed by atoms with van der Waals surface area (Å²) in [5.74, 6) is -1.21. The molecular weight excluding hydrogens is 302 g/mol. The van der Waals surface area contributed by atoms with Crippen LogP contribution in [-0.4, -0.2) is 25.0 Å². The zero-order valence-electron chi connectivity index (χ0n) is 11.6. The Morgan fingerprint density at radius 2 is 2.05 bits per heavy atom. The first kappa shape index (κ1) is 16.9. The SMILES string of the molecule is CCCC(C)(NS(=O)(=O)c1cccc(Cl)c1C)C(=O)O. The van der Waals surface area contributed by atoms with Crippen LogP contribution in [0.15, 0.2) is 23.1 Å². The normalized spacial score (nSPS) is 14.8. The van der Waals surface area contributed by atoms with E-state index in [0.29, 0.717) is 17.0 Å². The van der Waals surface area contributed by atoms with Crippen molar-refractivity contribution in [2.24, 2.45) is 0 Å². The molecule has 5 nitrogen and oxygen atoms in total. The molecule has 0 saturated carbocycles. The average Bonchev–Trinajstić information content (AvgIpc) is 2.31. The van der Waals surface area contributed by atoms with Gasteiger partial charge in [-0.25, -0.2) is 8.42 Å². The van der Waals surface area contributed by atoms with Gasteiger partial charge in [-0.2, -0.15) is 4.72 Å². The molecule has 0 spiro atoms. The molecule has 0 heterocycles. The Balaban J connectivity index is 3.24. The number of halogens is 1. The van der Waals surface area contributed by atoms with Crippen LogP contribution in [0.2, 0.25) is 5.02 Å². The highest BCUT2D eigenvalue weighted by Crippen LogP contribution is 2.25. The second kappa shape index (κ2) is 6.11. The van der Waals surface area contributed by atoms with E-state index < -0.39 is 21.5 Å². The summed E-state index contributed by atoms with van der Waals surface area (Å²) in [7, 11) is -3.95. The molecule has 1 rings (SSSR count). The summed E-state index contributed by atoms with van der Waals surface area (Å²) in [5, 5.41) is 9.56. The van der Waals surface area contributed by atoms with Crippen molar-refractivity contribution in [2.75, 3.05) is 0 Å². The first-order chi connectivity index (χ1) is 9.14. The number of sulfonamides is 1. The van der Waals surface area contributed by atoms with Crippen LogP contribution >= 0.6 is 11.6 Å². The summed E-state index contributed by atoms with van der Waals surface area (Å²) in [6, 6.07) is 4.50. The molecule has 7 heteroatoms. The van der Waals surface area contributed by atoms with E-state index in [-0.39, 0.29) is 11.3 Å². The van der Waals surface area contributed by atoms with Crippen LogP contribution in [0.25, 0.3) is 0 Å². The molecule has 2 N–H and O–H groups in total. The summed E-state index contributed by atoms with van der Waals surface area (Å²) in [6.45, 7) is 4.73. The van der Waals surface area contributed by atoms with Gasteiger partial charge in [-0.15, -0.1) is 0 Å². The standard InChI is InChI=1S/C13H18ClNO4S/c1-4-8-13(3,12(16)17)15-20(18,19)11-7-5-6-10(14)9(11)2/h5-7,15H,4,8H2,1-3H3,(H,16,17). The second-order valence-electron chi connectivity index (χ2n) is 4.86. The van der Waals surface area contributed by atoms with Crippen molar-refractivity contribution in [2.45, 2.75) is 44.0 Å². The summed E-state index contributed by atoms with van der Waals surface area (Å²) >= 11 is 5.91. The van der Waals surface area contributed by atoms with E-state index in [9.17, 15) is 18.3 Å². The van der Waals surface area contributed by atoms with E-state index in [1.165, 1.54) is 19.1 Å². The Hall–Kier alpha value is -1.11. The molecular formula is C13H18ClNO4S. The predicted molar refractivity (Wildman–Crippen MR) is 77.5 cm³/mol. The van der Waals surface area contributed by atoms with Crippen molar-refractivity contribution in [1.82, 2.24) is 4.72 Å². The highest BCUT2D eigenvalue weighted by molar-refractivity contribution is 7.89. The van der Waals surface area contributed by atoms with E-state index in [2.05, 4.69) is 4.72 Å². The van der Waals surface area contributed by atoms with Gasteiger partial charge in [0.25, 0.3) is 0 Å². The third kappa shape index (κ3) is 3.50. The molecule has 1 atom stereocenters. The molecule has 0 aliphatic heterocycles. The van der Waals surface area contributed by atoms with Crippen molar-refractivity contribution < 1.29 is 18.3 Å². The van der Waals surface area contributed by atoms with Crippen molar-refractivity contribution >= 4 is 27.6 Å². The van der Waals surface area contributed by atoms with Gasteiger partial charge in [0.15, 0.2) is 0 Å². The molecule has 0 aliphatic carbocycles. The minimum Gasteiger partial charge on any atom is -0.480 e. The van der Waals surface area contributed by atoms with Crippen molar-refractivity contribution in [3.63, 3.8) is 0 Å². The molecule has 0 saturated heterocycles. The number of hydrogen-bond acceptors (Lipinski definition) is 3. The fourth-order valence-corrected chi connectivity index (χ4v) is 3.83. The van der Waals surface area contributed by atoms with Crippen LogP contribution < -0.4 is 4.72 Å². The Kier molecular flexibility index (Phi) is 5.18. The maximum atomic E-state index is 12.4. The van der Waals surface area contributed by atoms with E-state index in [0.717, 1.165) is 0 Å². The van der Waals surface area contributed by atoms with Gasteiger partial charge in [0, 0.05) is 5.02 Å². The molecule has 0 radical (unpaired) electrons. The maximum Gasteiger partial charge on any atom is 0.324 e. The lowest BCUT2D eigenvalue weighted by Crippen LogP contribution is -2.52. The number of carboxylic acids is 1. The fraction of sp³-hybridized carbons (Fsp3) is 0.462. The van der Waals surface area contributed by atoms with Gasteiger partial charge in [0.05, 0.1) is 4.90 Å². The van der Waals surface area contributed by atoms with Gasteiger partial charge < -0.3 is 5.11 Å². The molecule has 1 aromatic rings. The van der Waals surface area contributed by atoms with Crippen LogP contribution in [-0.2, 0) is 14.8 Å². The Morgan fingerprint density at radius 3 is 2.55 bits per heavy atom. The Morgan fingerprint density at radius 1 is 1.45 bits per heavy atom. The largest absolute Gasteiger partial charge is 0.480 e. The number of hydrogen-bond donors (Lipinski definition) is 2. The van der Waals surface area contributed by atoms with Gasteiger partial charge >= 0.3 is 5.97 Å². The van der Waals surface area contributed by atoms with Gasteiger partial charge in [-0.3, -0.25) is 4.79 Å². The summed E-state index contributed by atoms with van der Waals surface area (Å²) in [4.78, 5) is 11.3. The molecule has 0 bridgehead atoms. The van der Waals surface area contributed by atoms with E-state index in [1.54, 1.807) is 19.9 Å². The number of nitrogens with one attached hydrogen (secondary N) is 1. The van der Waals surface area contributed by atoms with E-state index >= 15 is 0 Å². The number of carbonyl (C=O) groups is 1. The monoisotopic (exact) mass is 319 g/mol. The zero-order valence-corrected chi connectivity index (χ0v) is 13.2. The molecule has 1 aromatic carbocycles. The molecule has 1 unspecified atom stereocenters. The van der Waals surface area contributed by atoms with Crippen molar-refractivity contribution in [3.05, 3.63) is 28.8 Å². The zero-order chi connectivity index (χ0) is 15.6. The topological polar surface area (TPSA) is 83.5 Å². The van der Waals surface area contributed by atoms with Gasteiger partial charge in [0.2, 0.25) is 10.0 Å². The maximum absolute atomic E-state index is 12.4. The first-order valence-corrected chi connectivity index (χ1v) is 8.02. The Labute approximate surface area is 124 Å². The third-order valence-corrected chi connectivity index (χ3v) is 5.24. The summed E-state index contributed by atoms with van der Waals surface area (Å²) in [6.07, 6.45) is 0.737. The van der Waals surface area contributed by atoms with Gasteiger partial charge in [-0.1, -0.05) is 31.0 Å². The number of carboxylic acid groups (broad SMARTS) is 1. The van der Waals surface area contributed by atoms with Crippen LogP contribution in [0.1, 0.15) is 32.3 Å². The highest BCUT2D eigenvalue weighted by Gasteiger charge is 2.37. The fourth-order valence-electron chi connectivity index (χ4n) is 1.93. The molecule has 0 aromatic heterocycles. The number of rotatable bonds is 6. The number of aliphatic carboxylic acids is 1. The van der Waals surface area contributed by atoms with E-state index in [4.69, 9.17) is 11.6 Å². The molecule has 112 valence electrons. The lowest BCUT2D eigenvalue weighted by molar-refractivity contribution is -0.143. The molecule has 0 aliphatic rings. The van der Waals surface area contributed by atoms with Crippen LogP contribution in [0.5, 0.6) is 0 Å². The first-order valence-electron chi connectivity index (χ1n) is 6.16. The lowest BCUT2D eigenvalue weighted by Gasteiger charge is -2.26. The van der Waals surface area contributed by atoms with Crippen LogP contribution in [0, 0.1) is 6.92 Å². The van der Waals surface area contributed by atoms with Crippen LogP contribution in [0.4, 0.5) is 0 Å². The second-order valence-corrected chi connectivity index (χ2v) is 6.91. The van der Waals surface area contributed by atoms with Crippen LogP contribution in [0.3, 0.4) is 0 Å². The minimum atomic E-state index is -3.95. The average molecular weight is 320 g/mol. The van der Waals surface area contributed by atoms with Crippen molar-refractivity contribution in [1.29, 1.82) is 0 Å². The third-order valence-electron chi connectivity index (χ3n) is 3.09. The number of benzene rings is 1. The summed E-state index contributed by atoms with van der Waals surface area (Å²) in [5.41, 5.74) is -1.14. The molecule has 0 amide bonds. The smallest absolute Gasteiger partial charge is 0.324 e. The molecule has 20 heavy (non-hydrogen) atoms. The quantitative estimate of drug-likeness (QED) is 0.844. The summed E-state index contributed by atoms with van der Waals surface area (Å²) < 4.78 is 27.0. The predicted octanol–water partition coefficient (Wildman–Crippen LogP) is 2.57. The molecule has 0 fully saturated rings. The minimum absolute atomic E-state index is 0.00595. The Bertz CT molecular complexity index is 615. The van der Waals surface area contributed by atoms with Crippen molar-refractivity contribution in [3.8, 4) is 0 Å². The van der Waals surface area contributed by atoms with Gasteiger partial charge in [-0.05, 0) is 38.0 Å². The van der Waals surface area contributed by atoms with E-state index in [1.807, 2.05) is 0 Å².